The van der Waals surface area contributed by atoms with Gasteiger partial charge in [0.2, 0.25) is 0 Å². The van der Waals surface area contributed by atoms with E-state index in [-0.39, 0.29) is 0 Å². The summed E-state index contributed by atoms with van der Waals surface area (Å²) >= 11 is 0. The Labute approximate surface area is 103 Å². The molecule has 2 heteroatoms. The number of rotatable bonds is 5. The molecule has 0 aromatic heterocycles. The number of aldehydes is 1. The van der Waals surface area contributed by atoms with Crippen LogP contribution in [-0.2, 0) is 0 Å². The number of carbonyl (C=O) groups excluding carboxylic acids is 1. The maximum atomic E-state index is 11.2. The SMILES string of the molecule is CCCC(CC)c1ccc(C#N)c(C)c1C=O. The quantitative estimate of drug-likeness (QED) is 0.717. The van der Waals surface area contributed by atoms with Gasteiger partial charge in [0, 0.05) is 5.56 Å². The van der Waals surface area contributed by atoms with Gasteiger partial charge in [0.05, 0.1) is 11.6 Å². The summed E-state index contributed by atoms with van der Waals surface area (Å²) in [5.41, 5.74) is 3.22. The van der Waals surface area contributed by atoms with Crippen LogP contribution in [0, 0.1) is 18.3 Å². The number of benzene rings is 1. The summed E-state index contributed by atoms with van der Waals surface area (Å²) in [6.45, 7) is 6.15. The molecule has 90 valence electrons. The van der Waals surface area contributed by atoms with E-state index >= 15 is 0 Å². The van der Waals surface area contributed by atoms with Gasteiger partial charge in [-0.15, -0.1) is 0 Å². The molecular weight excluding hydrogens is 210 g/mol. The van der Waals surface area contributed by atoms with Crippen molar-refractivity contribution in [2.45, 2.75) is 46.0 Å². The molecular formula is C15H19NO. The fraction of sp³-hybridized carbons (Fsp3) is 0.467. The van der Waals surface area contributed by atoms with Crippen molar-refractivity contribution in [2.75, 3.05) is 0 Å². The monoisotopic (exact) mass is 229 g/mol. The fourth-order valence-corrected chi connectivity index (χ4v) is 2.31. The molecule has 0 saturated carbocycles. The number of hydrogen-bond acceptors (Lipinski definition) is 2. The predicted molar refractivity (Wildman–Crippen MR) is 69.2 cm³/mol. The summed E-state index contributed by atoms with van der Waals surface area (Å²) in [5.74, 6) is 0.423. The van der Waals surface area contributed by atoms with E-state index in [9.17, 15) is 4.79 Å². The first-order valence-corrected chi connectivity index (χ1v) is 6.18. The minimum absolute atomic E-state index is 0.423. The van der Waals surface area contributed by atoms with Crippen molar-refractivity contribution in [3.05, 3.63) is 34.4 Å². The zero-order valence-corrected chi connectivity index (χ0v) is 10.8. The van der Waals surface area contributed by atoms with Gasteiger partial charge in [-0.25, -0.2) is 0 Å². The molecule has 17 heavy (non-hydrogen) atoms. The average molecular weight is 229 g/mol. The van der Waals surface area contributed by atoms with Crippen molar-refractivity contribution in [3.63, 3.8) is 0 Å². The highest BCUT2D eigenvalue weighted by Crippen LogP contribution is 2.29. The number of nitrogens with zero attached hydrogens (tertiary/aromatic N) is 1. The highest BCUT2D eigenvalue weighted by Gasteiger charge is 2.16. The zero-order chi connectivity index (χ0) is 12.8. The molecule has 1 aromatic carbocycles. The first-order valence-electron chi connectivity index (χ1n) is 6.18. The van der Waals surface area contributed by atoms with E-state index in [0.29, 0.717) is 17.0 Å². The van der Waals surface area contributed by atoms with E-state index in [2.05, 4.69) is 19.9 Å². The molecule has 0 amide bonds. The molecule has 0 saturated heterocycles. The van der Waals surface area contributed by atoms with E-state index in [1.54, 1.807) is 0 Å². The van der Waals surface area contributed by atoms with Gasteiger partial charge >= 0.3 is 0 Å². The van der Waals surface area contributed by atoms with Crippen molar-refractivity contribution in [1.29, 1.82) is 5.26 Å². The van der Waals surface area contributed by atoms with Gasteiger partial charge in [0.1, 0.15) is 0 Å². The Kier molecular flexibility index (Phi) is 4.90. The second-order valence-corrected chi connectivity index (χ2v) is 4.36. The van der Waals surface area contributed by atoms with Gasteiger partial charge in [0.15, 0.2) is 6.29 Å². The third-order valence-electron chi connectivity index (χ3n) is 3.36. The summed E-state index contributed by atoms with van der Waals surface area (Å²) in [6, 6.07) is 5.90. The molecule has 1 aromatic rings. The van der Waals surface area contributed by atoms with Crippen LogP contribution >= 0.6 is 0 Å². The third-order valence-corrected chi connectivity index (χ3v) is 3.36. The van der Waals surface area contributed by atoms with E-state index < -0.39 is 0 Å². The lowest BCUT2D eigenvalue weighted by atomic mass is 9.86. The number of hydrogen-bond donors (Lipinski definition) is 0. The fourth-order valence-electron chi connectivity index (χ4n) is 2.31. The van der Waals surface area contributed by atoms with Crippen molar-refractivity contribution < 1.29 is 4.79 Å². The third kappa shape index (κ3) is 2.74. The van der Waals surface area contributed by atoms with E-state index in [1.807, 2.05) is 19.1 Å². The molecule has 0 aliphatic rings. The molecule has 0 N–H and O–H groups in total. The molecule has 0 radical (unpaired) electrons. The van der Waals surface area contributed by atoms with Gasteiger partial charge in [0.25, 0.3) is 0 Å². The summed E-state index contributed by atoms with van der Waals surface area (Å²) in [7, 11) is 0. The topological polar surface area (TPSA) is 40.9 Å². The lowest BCUT2D eigenvalue weighted by molar-refractivity contribution is 0.112. The van der Waals surface area contributed by atoms with Crippen LogP contribution < -0.4 is 0 Å². The largest absolute Gasteiger partial charge is 0.298 e. The lowest BCUT2D eigenvalue weighted by Crippen LogP contribution is -2.04. The van der Waals surface area contributed by atoms with Gasteiger partial charge in [-0.2, -0.15) is 5.26 Å². The standard InChI is InChI=1S/C15H19NO/c1-4-6-12(5-2)14-8-7-13(9-16)11(3)15(14)10-17/h7-8,10,12H,4-6H2,1-3H3. The van der Waals surface area contributed by atoms with Crippen LogP contribution in [-0.4, -0.2) is 6.29 Å². The highest BCUT2D eigenvalue weighted by atomic mass is 16.1. The summed E-state index contributed by atoms with van der Waals surface area (Å²) < 4.78 is 0. The lowest BCUT2D eigenvalue weighted by Gasteiger charge is -2.18. The van der Waals surface area contributed by atoms with Crippen LogP contribution in [0.2, 0.25) is 0 Å². The Hall–Kier alpha value is -1.62. The smallest absolute Gasteiger partial charge is 0.150 e. The highest BCUT2D eigenvalue weighted by molar-refractivity contribution is 5.81. The Morgan fingerprint density at radius 2 is 2.12 bits per heavy atom. The van der Waals surface area contributed by atoms with Crippen LogP contribution in [0.25, 0.3) is 0 Å². The normalized spacial score (nSPS) is 11.9. The van der Waals surface area contributed by atoms with E-state index in [1.165, 1.54) is 0 Å². The van der Waals surface area contributed by atoms with E-state index in [0.717, 1.165) is 36.7 Å². The number of carbonyl (C=O) groups is 1. The van der Waals surface area contributed by atoms with Gasteiger partial charge in [-0.1, -0.05) is 26.3 Å². The van der Waals surface area contributed by atoms with Crippen LogP contribution in [0.4, 0.5) is 0 Å². The minimum Gasteiger partial charge on any atom is -0.298 e. The minimum atomic E-state index is 0.423. The van der Waals surface area contributed by atoms with Crippen molar-refractivity contribution in [3.8, 4) is 6.07 Å². The Morgan fingerprint density at radius 3 is 2.59 bits per heavy atom. The Bertz CT molecular complexity index is 443. The molecule has 0 spiro atoms. The summed E-state index contributed by atoms with van der Waals surface area (Å²) in [4.78, 5) is 11.2. The molecule has 0 aliphatic heterocycles. The molecule has 1 rings (SSSR count). The Morgan fingerprint density at radius 1 is 1.41 bits per heavy atom. The van der Waals surface area contributed by atoms with Gasteiger partial charge in [-0.3, -0.25) is 4.79 Å². The van der Waals surface area contributed by atoms with Gasteiger partial charge < -0.3 is 0 Å². The summed E-state index contributed by atoms with van der Waals surface area (Å²) in [6.07, 6.45) is 4.11. The predicted octanol–water partition coefficient (Wildman–Crippen LogP) is 3.97. The molecule has 1 unspecified atom stereocenters. The molecule has 2 nitrogen and oxygen atoms in total. The van der Waals surface area contributed by atoms with Crippen LogP contribution in [0.3, 0.4) is 0 Å². The second-order valence-electron chi connectivity index (χ2n) is 4.36. The van der Waals surface area contributed by atoms with Crippen LogP contribution in [0.15, 0.2) is 12.1 Å². The van der Waals surface area contributed by atoms with Crippen LogP contribution in [0.1, 0.15) is 66.1 Å². The second kappa shape index (κ2) is 6.20. The van der Waals surface area contributed by atoms with Crippen molar-refractivity contribution >= 4 is 6.29 Å². The van der Waals surface area contributed by atoms with E-state index in [4.69, 9.17) is 5.26 Å². The zero-order valence-electron chi connectivity index (χ0n) is 10.8. The summed E-state index contributed by atoms with van der Waals surface area (Å²) in [5, 5.41) is 8.96. The van der Waals surface area contributed by atoms with Crippen molar-refractivity contribution in [1.82, 2.24) is 0 Å². The first kappa shape index (κ1) is 13.4. The Balaban J connectivity index is 3.29. The van der Waals surface area contributed by atoms with Gasteiger partial charge in [-0.05, 0) is 42.9 Å². The van der Waals surface area contributed by atoms with Crippen LogP contribution in [0.5, 0.6) is 0 Å². The molecule has 0 bridgehead atoms. The average Bonchev–Trinajstić information content (AvgIpc) is 2.35. The molecule has 0 heterocycles. The first-order chi connectivity index (χ1) is 8.19. The molecule has 0 aliphatic carbocycles. The molecule has 0 fully saturated rings. The maximum Gasteiger partial charge on any atom is 0.150 e. The maximum absolute atomic E-state index is 11.2. The van der Waals surface area contributed by atoms with Crippen molar-refractivity contribution in [2.24, 2.45) is 0 Å². The number of nitriles is 1. The molecule has 1 atom stereocenters.